The summed E-state index contributed by atoms with van der Waals surface area (Å²) < 4.78 is 2.94. The predicted molar refractivity (Wildman–Crippen MR) is 159 cm³/mol. The summed E-state index contributed by atoms with van der Waals surface area (Å²) in [5, 5.41) is 26.2. The fraction of sp³-hybridized carbons (Fsp3) is 0.516. The second-order valence-corrected chi connectivity index (χ2v) is 12.2. The van der Waals surface area contributed by atoms with Crippen LogP contribution in [0.25, 0.3) is 5.65 Å². The molecular formula is C31H39N7O4. The van der Waals surface area contributed by atoms with Crippen molar-refractivity contribution in [3.05, 3.63) is 69.9 Å². The van der Waals surface area contributed by atoms with Gasteiger partial charge < -0.3 is 25.3 Å². The van der Waals surface area contributed by atoms with E-state index in [1.807, 2.05) is 30.5 Å². The van der Waals surface area contributed by atoms with Crippen molar-refractivity contribution >= 4 is 22.9 Å². The van der Waals surface area contributed by atoms with Gasteiger partial charge in [0, 0.05) is 69.0 Å². The minimum atomic E-state index is -1.43. The molecule has 1 amide bonds. The van der Waals surface area contributed by atoms with Gasteiger partial charge in [0.1, 0.15) is 6.04 Å². The lowest BCUT2D eigenvalue weighted by Gasteiger charge is -2.40. The molecule has 1 unspecified atom stereocenters. The molecule has 3 aliphatic heterocycles. The van der Waals surface area contributed by atoms with E-state index in [0.717, 1.165) is 95.0 Å². The molecule has 0 bridgehead atoms. The SMILES string of the molecule is O=C1NC(=C2CC2)CCC1n1nc2ccc(N3CCN(CC4CCN(c5ccc(C(O)O)cc5)CC4)CC3)cn2c1=O. The van der Waals surface area contributed by atoms with Crippen molar-refractivity contribution in [3.63, 3.8) is 0 Å². The highest BCUT2D eigenvalue weighted by molar-refractivity contribution is 5.83. The number of piperidine rings is 2. The van der Waals surface area contributed by atoms with E-state index < -0.39 is 12.3 Å². The number of pyridine rings is 1. The average molecular weight is 574 g/mol. The van der Waals surface area contributed by atoms with Crippen LogP contribution in [-0.2, 0) is 4.79 Å². The molecule has 1 atom stereocenters. The zero-order chi connectivity index (χ0) is 28.8. The fourth-order valence-electron chi connectivity index (χ4n) is 6.72. The second-order valence-electron chi connectivity index (χ2n) is 12.2. The van der Waals surface area contributed by atoms with Gasteiger partial charge in [0.05, 0.1) is 5.69 Å². The third-order valence-electron chi connectivity index (χ3n) is 9.41. The largest absolute Gasteiger partial charge is 0.372 e. The van der Waals surface area contributed by atoms with E-state index in [4.69, 9.17) is 0 Å². The van der Waals surface area contributed by atoms with Gasteiger partial charge in [0.25, 0.3) is 0 Å². The normalized spacial score (nSPS) is 22.4. The van der Waals surface area contributed by atoms with Gasteiger partial charge >= 0.3 is 5.69 Å². The topological polar surface area (TPSA) is 119 Å². The molecule has 0 radical (unpaired) electrons. The van der Waals surface area contributed by atoms with Gasteiger partial charge in [-0.25, -0.2) is 9.20 Å². The quantitative estimate of drug-likeness (QED) is 0.384. The maximum absolute atomic E-state index is 13.3. The van der Waals surface area contributed by atoms with Crippen molar-refractivity contribution in [3.8, 4) is 0 Å². The number of allylic oxidation sites excluding steroid dienone is 2. The van der Waals surface area contributed by atoms with Crippen molar-refractivity contribution in [2.24, 2.45) is 5.92 Å². The van der Waals surface area contributed by atoms with Crippen molar-refractivity contribution < 1.29 is 15.0 Å². The number of benzene rings is 1. The highest BCUT2D eigenvalue weighted by Crippen LogP contribution is 2.35. The third kappa shape index (κ3) is 5.44. The number of aromatic nitrogens is 3. The molecule has 0 spiro atoms. The molecule has 5 heterocycles. The number of hydrogen-bond acceptors (Lipinski definition) is 8. The smallest absolute Gasteiger partial charge is 0.351 e. The first-order valence-electron chi connectivity index (χ1n) is 15.2. The highest BCUT2D eigenvalue weighted by atomic mass is 16.5. The summed E-state index contributed by atoms with van der Waals surface area (Å²) in [7, 11) is 0. The maximum atomic E-state index is 13.3. The molecule has 4 fully saturated rings. The highest BCUT2D eigenvalue weighted by Gasteiger charge is 2.32. The Morgan fingerprint density at radius 2 is 1.52 bits per heavy atom. The van der Waals surface area contributed by atoms with Crippen molar-refractivity contribution in [1.29, 1.82) is 0 Å². The number of piperazine rings is 1. The van der Waals surface area contributed by atoms with Gasteiger partial charge in [-0.2, -0.15) is 4.68 Å². The predicted octanol–water partition coefficient (Wildman–Crippen LogP) is 2.02. The molecule has 4 aliphatic rings. The summed E-state index contributed by atoms with van der Waals surface area (Å²) >= 11 is 0. The molecule has 3 saturated heterocycles. The fourth-order valence-corrected chi connectivity index (χ4v) is 6.72. The first kappa shape index (κ1) is 27.2. The van der Waals surface area contributed by atoms with E-state index in [1.54, 1.807) is 16.5 Å². The Hall–Kier alpha value is -3.67. The summed E-state index contributed by atoms with van der Waals surface area (Å²) in [4.78, 5) is 33.3. The summed E-state index contributed by atoms with van der Waals surface area (Å²) in [5.41, 5.74) is 5.34. The van der Waals surface area contributed by atoms with Crippen LogP contribution >= 0.6 is 0 Å². The lowest BCUT2D eigenvalue weighted by Crippen LogP contribution is -2.49. The molecule has 222 valence electrons. The zero-order valence-corrected chi connectivity index (χ0v) is 23.9. The number of amides is 1. The Balaban J connectivity index is 0.928. The van der Waals surface area contributed by atoms with Crippen molar-refractivity contribution in [2.45, 2.75) is 50.9 Å². The number of aliphatic hydroxyl groups excluding tert-OH is 1. The van der Waals surface area contributed by atoms with Crippen molar-refractivity contribution in [1.82, 2.24) is 24.4 Å². The lowest BCUT2D eigenvalue weighted by molar-refractivity contribution is -0.125. The lowest BCUT2D eigenvalue weighted by atomic mass is 9.95. The number of nitrogens with one attached hydrogen (secondary N) is 1. The van der Waals surface area contributed by atoms with Gasteiger partial charge in [0.2, 0.25) is 5.91 Å². The molecule has 11 heteroatoms. The second kappa shape index (κ2) is 11.2. The van der Waals surface area contributed by atoms with Crippen LogP contribution < -0.4 is 20.8 Å². The number of rotatable bonds is 6. The van der Waals surface area contributed by atoms with Gasteiger partial charge in [-0.3, -0.25) is 9.69 Å². The molecule has 1 aliphatic carbocycles. The molecule has 7 rings (SSSR count). The number of aliphatic hydroxyl groups is 2. The van der Waals surface area contributed by atoms with E-state index in [0.29, 0.717) is 23.5 Å². The van der Waals surface area contributed by atoms with E-state index in [1.165, 1.54) is 10.3 Å². The molecule has 2 aromatic heterocycles. The zero-order valence-electron chi connectivity index (χ0n) is 23.9. The van der Waals surface area contributed by atoms with Crippen LogP contribution in [0.3, 0.4) is 0 Å². The molecule has 3 aromatic rings. The number of fused-ring (bicyclic) bond motifs is 1. The standard InChI is InChI=1S/C31H39N7O4/c39-29-27(9-8-26(32-29)22-1-2-22)38-31(42)37-20-25(7-10-28(37)33-38)36-17-15-34(16-18-36)19-21-11-13-35(14-12-21)24-5-3-23(4-6-24)30(40)41/h3-7,10,20-21,27,30,40-41H,1-2,8-9,11-19H2,(H,32,39). The molecule has 1 saturated carbocycles. The number of hydrogen-bond donors (Lipinski definition) is 3. The monoisotopic (exact) mass is 573 g/mol. The van der Waals surface area contributed by atoms with E-state index in [9.17, 15) is 19.8 Å². The summed E-state index contributed by atoms with van der Waals surface area (Å²) in [6.45, 7) is 6.89. The van der Waals surface area contributed by atoms with E-state index in [-0.39, 0.29) is 11.6 Å². The van der Waals surface area contributed by atoms with Crippen LogP contribution in [0.15, 0.2) is 58.7 Å². The molecule has 11 nitrogen and oxygen atoms in total. The molecule has 42 heavy (non-hydrogen) atoms. The Bertz CT molecular complexity index is 1540. The maximum Gasteiger partial charge on any atom is 0.351 e. The summed E-state index contributed by atoms with van der Waals surface area (Å²) in [6, 6.07) is 10.8. The van der Waals surface area contributed by atoms with E-state index in [2.05, 4.69) is 25.1 Å². The van der Waals surface area contributed by atoms with Gasteiger partial charge in [-0.1, -0.05) is 17.7 Å². The average Bonchev–Trinajstić information content (AvgIpc) is 3.82. The van der Waals surface area contributed by atoms with E-state index >= 15 is 0 Å². The van der Waals surface area contributed by atoms with Crippen LogP contribution in [0.4, 0.5) is 11.4 Å². The van der Waals surface area contributed by atoms with Gasteiger partial charge in [-0.05, 0) is 68.7 Å². The molecule has 1 aromatic carbocycles. The van der Waals surface area contributed by atoms with Crippen LogP contribution in [-0.4, -0.2) is 81.0 Å². The summed E-state index contributed by atoms with van der Waals surface area (Å²) in [5.74, 6) is 0.529. The minimum absolute atomic E-state index is 0.138. The molecule has 3 N–H and O–H groups in total. The number of carbonyl (C=O) groups excluding carboxylic acids is 1. The van der Waals surface area contributed by atoms with Crippen molar-refractivity contribution in [2.75, 3.05) is 55.6 Å². The van der Waals surface area contributed by atoms with Gasteiger partial charge in [-0.15, -0.1) is 5.10 Å². The Morgan fingerprint density at radius 3 is 2.19 bits per heavy atom. The first-order valence-corrected chi connectivity index (χ1v) is 15.2. The van der Waals surface area contributed by atoms with Crippen LogP contribution in [0.1, 0.15) is 56.4 Å². The Morgan fingerprint density at radius 1 is 0.833 bits per heavy atom. The van der Waals surface area contributed by atoms with Crippen LogP contribution in [0, 0.1) is 5.92 Å². The Kier molecular flexibility index (Phi) is 7.25. The first-order chi connectivity index (χ1) is 20.4. The van der Waals surface area contributed by atoms with Crippen LogP contribution in [0.2, 0.25) is 0 Å². The number of carbonyl (C=O) groups is 1. The van der Waals surface area contributed by atoms with Gasteiger partial charge in [0.15, 0.2) is 11.9 Å². The number of anilines is 2. The van der Waals surface area contributed by atoms with Crippen LogP contribution in [0.5, 0.6) is 0 Å². The third-order valence-corrected chi connectivity index (χ3v) is 9.41. The number of nitrogens with zero attached hydrogens (tertiary/aromatic N) is 6. The minimum Gasteiger partial charge on any atom is -0.372 e. The molecular weight excluding hydrogens is 534 g/mol. The summed E-state index contributed by atoms with van der Waals surface area (Å²) in [6.07, 6.45) is 6.26. The Labute approximate surface area is 244 Å².